The number of aliphatic hydroxyl groups is 1. The Balaban J connectivity index is 2.28. The highest BCUT2D eigenvalue weighted by molar-refractivity contribution is 5.14. The summed E-state index contributed by atoms with van der Waals surface area (Å²) in [5.74, 6) is 2.41. The molecule has 16 heavy (non-hydrogen) atoms. The lowest BCUT2D eigenvalue weighted by atomic mass is 9.64. The van der Waals surface area contributed by atoms with Crippen LogP contribution in [0.1, 0.15) is 52.9 Å². The van der Waals surface area contributed by atoms with E-state index in [1.54, 1.807) is 0 Å². The Hall–Kier alpha value is -0.300. The molecule has 0 aromatic rings. The fourth-order valence-electron chi connectivity index (χ4n) is 3.83. The molecule has 0 spiro atoms. The molecule has 3 atom stereocenters. The van der Waals surface area contributed by atoms with Crippen molar-refractivity contribution in [1.29, 1.82) is 0 Å². The van der Waals surface area contributed by atoms with Gasteiger partial charge in [0.1, 0.15) is 0 Å². The topological polar surface area (TPSA) is 20.2 Å². The molecule has 0 amide bonds. The minimum Gasteiger partial charge on any atom is -0.392 e. The average Bonchev–Trinajstić information content (AvgIpc) is 2.37. The smallest absolute Gasteiger partial charge is 0.0641 e. The van der Waals surface area contributed by atoms with E-state index in [-0.39, 0.29) is 6.61 Å². The lowest BCUT2D eigenvalue weighted by Gasteiger charge is -2.41. The van der Waals surface area contributed by atoms with Gasteiger partial charge in [-0.05, 0) is 48.0 Å². The van der Waals surface area contributed by atoms with Crippen molar-refractivity contribution >= 4 is 0 Å². The van der Waals surface area contributed by atoms with Crippen LogP contribution in [0.2, 0.25) is 0 Å². The second-order valence-corrected chi connectivity index (χ2v) is 6.57. The maximum absolute atomic E-state index is 9.32. The Kier molecular flexibility index (Phi) is 3.44. The summed E-state index contributed by atoms with van der Waals surface area (Å²) in [5.41, 5.74) is 1.71. The fourth-order valence-corrected chi connectivity index (χ4v) is 3.83. The highest BCUT2D eigenvalue weighted by Gasteiger charge is 2.40. The molecule has 0 aliphatic heterocycles. The standard InChI is InChI=1S/C15H26O/c1-11-5-4-8-15(2,3)14-9-12(10-16)6-7-13(11)14/h9,11,13-14,16H,4-8,10H2,1-3H3. The van der Waals surface area contributed by atoms with Gasteiger partial charge in [0.25, 0.3) is 0 Å². The summed E-state index contributed by atoms with van der Waals surface area (Å²) in [4.78, 5) is 0. The Morgan fingerprint density at radius 3 is 2.81 bits per heavy atom. The largest absolute Gasteiger partial charge is 0.392 e. The first-order chi connectivity index (χ1) is 7.54. The third-order valence-corrected chi connectivity index (χ3v) is 4.99. The van der Waals surface area contributed by atoms with Crippen LogP contribution in [0, 0.1) is 23.2 Å². The van der Waals surface area contributed by atoms with Crippen molar-refractivity contribution in [3.63, 3.8) is 0 Å². The zero-order valence-electron chi connectivity index (χ0n) is 11.0. The number of allylic oxidation sites excluding steroid dienone is 1. The second kappa shape index (κ2) is 4.52. The molecule has 2 rings (SSSR count). The van der Waals surface area contributed by atoms with Gasteiger partial charge in [-0.2, -0.15) is 0 Å². The van der Waals surface area contributed by atoms with Crippen LogP contribution < -0.4 is 0 Å². The van der Waals surface area contributed by atoms with Gasteiger partial charge in [0.05, 0.1) is 6.61 Å². The van der Waals surface area contributed by atoms with Crippen molar-refractivity contribution in [2.24, 2.45) is 23.2 Å². The molecule has 0 saturated heterocycles. The van der Waals surface area contributed by atoms with Crippen molar-refractivity contribution in [3.8, 4) is 0 Å². The van der Waals surface area contributed by atoms with Gasteiger partial charge >= 0.3 is 0 Å². The summed E-state index contributed by atoms with van der Waals surface area (Å²) in [5, 5.41) is 9.32. The first kappa shape index (κ1) is 12.2. The van der Waals surface area contributed by atoms with Gasteiger partial charge in [-0.15, -0.1) is 0 Å². The maximum atomic E-state index is 9.32. The number of fused-ring (bicyclic) bond motifs is 1. The van der Waals surface area contributed by atoms with E-state index in [0.717, 1.165) is 18.3 Å². The number of hydrogen-bond donors (Lipinski definition) is 1. The van der Waals surface area contributed by atoms with E-state index in [2.05, 4.69) is 26.8 Å². The van der Waals surface area contributed by atoms with Crippen LogP contribution in [0.25, 0.3) is 0 Å². The summed E-state index contributed by atoms with van der Waals surface area (Å²) >= 11 is 0. The van der Waals surface area contributed by atoms with Crippen molar-refractivity contribution < 1.29 is 5.11 Å². The molecule has 1 N–H and O–H groups in total. The van der Waals surface area contributed by atoms with E-state index in [0.29, 0.717) is 11.3 Å². The van der Waals surface area contributed by atoms with Crippen LogP contribution in [-0.4, -0.2) is 11.7 Å². The molecule has 2 aliphatic carbocycles. The molecule has 0 aromatic carbocycles. The summed E-state index contributed by atoms with van der Waals surface area (Å²) in [6.45, 7) is 7.53. The van der Waals surface area contributed by atoms with E-state index >= 15 is 0 Å². The van der Waals surface area contributed by atoms with Crippen molar-refractivity contribution in [1.82, 2.24) is 0 Å². The van der Waals surface area contributed by atoms with Crippen LogP contribution in [0.5, 0.6) is 0 Å². The molecule has 1 nitrogen and oxygen atoms in total. The number of rotatable bonds is 1. The Morgan fingerprint density at radius 1 is 1.38 bits per heavy atom. The van der Waals surface area contributed by atoms with Crippen LogP contribution in [0.4, 0.5) is 0 Å². The monoisotopic (exact) mass is 222 g/mol. The third-order valence-electron chi connectivity index (χ3n) is 4.99. The fraction of sp³-hybridized carbons (Fsp3) is 0.867. The molecular weight excluding hydrogens is 196 g/mol. The zero-order chi connectivity index (χ0) is 11.8. The van der Waals surface area contributed by atoms with Gasteiger partial charge in [-0.3, -0.25) is 0 Å². The Bertz CT molecular complexity index is 277. The molecule has 1 fully saturated rings. The van der Waals surface area contributed by atoms with Crippen molar-refractivity contribution in [3.05, 3.63) is 11.6 Å². The van der Waals surface area contributed by atoms with Crippen LogP contribution >= 0.6 is 0 Å². The molecule has 3 unspecified atom stereocenters. The lowest BCUT2D eigenvalue weighted by molar-refractivity contribution is 0.139. The Morgan fingerprint density at radius 2 is 2.12 bits per heavy atom. The van der Waals surface area contributed by atoms with Gasteiger partial charge in [0.15, 0.2) is 0 Å². The second-order valence-electron chi connectivity index (χ2n) is 6.57. The first-order valence-electron chi connectivity index (χ1n) is 6.85. The van der Waals surface area contributed by atoms with Gasteiger partial charge in [-0.25, -0.2) is 0 Å². The van der Waals surface area contributed by atoms with E-state index in [1.807, 2.05) is 0 Å². The molecule has 0 aromatic heterocycles. The van der Waals surface area contributed by atoms with E-state index in [9.17, 15) is 5.11 Å². The van der Waals surface area contributed by atoms with Crippen molar-refractivity contribution in [2.75, 3.05) is 6.61 Å². The highest BCUT2D eigenvalue weighted by atomic mass is 16.3. The van der Waals surface area contributed by atoms with Crippen molar-refractivity contribution in [2.45, 2.75) is 52.9 Å². The van der Waals surface area contributed by atoms with Crippen LogP contribution in [0.15, 0.2) is 11.6 Å². The molecule has 1 heteroatoms. The molecule has 1 saturated carbocycles. The number of aliphatic hydroxyl groups excluding tert-OH is 1. The predicted molar refractivity (Wildman–Crippen MR) is 68.2 cm³/mol. The van der Waals surface area contributed by atoms with Gasteiger partial charge in [0, 0.05) is 0 Å². The average molecular weight is 222 g/mol. The molecule has 0 radical (unpaired) electrons. The van der Waals surface area contributed by atoms with Crippen LogP contribution in [0.3, 0.4) is 0 Å². The maximum Gasteiger partial charge on any atom is 0.0641 e. The van der Waals surface area contributed by atoms with Gasteiger partial charge in [-0.1, -0.05) is 39.7 Å². The van der Waals surface area contributed by atoms with Gasteiger partial charge < -0.3 is 5.11 Å². The molecule has 0 heterocycles. The number of hydrogen-bond acceptors (Lipinski definition) is 1. The molecule has 2 aliphatic rings. The highest BCUT2D eigenvalue weighted by Crippen LogP contribution is 2.49. The lowest BCUT2D eigenvalue weighted by Crippen LogP contribution is -2.33. The molecular formula is C15H26O. The third kappa shape index (κ3) is 2.20. The van der Waals surface area contributed by atoms with E-state index in [4.69, 9.17) is 0 Å². The quantitative estimate of drug-likeness (QED) is 0.669. The summed E-state index contributed by atoms with van der Waals surface area (Å²) in [6.07, 6.45) is 8.94. The van der Waals surface area contributed by atoms with Gasteiger partial charge in [0.2, 0.25) is 0 Å². The van der Waals surface area contributed by atoms with E-state index in [1.165, 1.54) is 31.3 Å². The summed E-state index contributed by atoms with van der Waals surface area (Å²) in [6, 6.07) is 0. The van der Waals surface area contributed by atoms with E-state index < -0.39 is 0 Å². The minimum absolute atomic E-state index is 0.272. The zero-order valence-corrected chi connectivity index (χ0v) is 11.0. The Labute approximate surface area is 99.9 Å². The molecule has 0 bridgehead atoms. The van der Waals surface area contributed by atoms with Crippen LogP contribution in [-0.2, 0) is 0 Å². The predicted octanol–water partition coefficient (Wildman–Crippen LogP) is 3.78. The summed E-state index contributed by atoms with van der Waals surface area (Å²) < 4.78 is 0. The molecule has 92 valence electrons. The minimum atomic E-state index is 0.272. The summed E-state index contributed by atoms with van der Waals surface area (Å²) in [7, 11) is 0. The normalized spacial score (nSPS) is 38.5. The first-order valence-corrected chi connectivity index (χ1v) is 6.85. The SMILES string of the molecule is CC1CCCC(C)(C)C2C=C(CO)CCC12.